The van der Waals surface area contributed by atoms with Crippen molar-refractivity contribution in [3.8, 4) is 0 Å². The van der Waals surface area contributed by atoms with Crippen LogP contribution in [0, 0.1) is 6.92 Å². The third kappa shape index (κ3) is 1.78. The van der Waals surface area contributed by atoms with E-state index in [1.54, 1.807) is 6.07 Å². The summed E-state index contributed by atoms with van der Waals surface area (Å²) in [5, 5.41) is 10.4. The first kappa shape index (κ1) is 8.23. The van der Waals surface area contributed by atoms with Gasteiger partial charge in [-0.15, -0.1) is 11.3 Å². The van der Waals surface area contributed by atoms with Gasteiger partial charge >= 0.3 is 5.97 Å². The Labute approximate surface area is 68.5 Å². The summed E-state index contributed by atoms with van der Waals surface area (Å²) in [7, 11) is 0. The second-order valence-corrected chi connectivity index (χ2v) is 3.29. The molecule has 11 heavy (non-hydrogen) atoms. The van der Waals surface area contributed by atoms with Gasteiger partial charge < -0.3 is 10.8 Å². The molecule has 0 unspecified atom stereocenters. The Morgan fingerprint density at radius 2 is 2.45 bits per heavy atom. The lowest BCUT2D eigenvalue weighted by Crippen LogP contribution is -2.19. The first-order valence-corrected chi connectivity index (χ1v) is 4.02. The molecular formula is C7H9NO2S. The third-order valence-corrected chi connectivity index (χ3v) is 2.46. The maximum atomic E-state index is 10.4. The van der Waals surface area contributed by atoms with E-state index in [1.807, 2.05) is 12.3 Å². The highest BCUT2D eigenvalue weighted by molar-refractivity contribution is 7.10. The minimum absolute atomic E-state index is 0.704. The van der Waals surface area contributed by atoms with E-state index < -0.39 is 12.0 Å². The fraction of sp³-hybridized carbons (Fsp3) is 0.286. The van der Waals surface area contributed by atoms with E-state index in [2.05, 4.69) is 0 Å². The lowest BCUT2D eigenvalue weighted by Gasteiger charge is -2.00. The fourth-order valence-electron chi connectivity index (χ4n) is 0.738. The molecule has 0 bridgehead atoms. The number of aliphatic carboxylic acids is 1. The monoisotopic (exact) mass is 171 g/mol. The number of aryl methyl sites for hydroxylation is 1. The molecule has 1 atom stereocenters. The van der Waals surface area contributed by atoms with Crippen LogP contribution in [0.5, 0.6) is 0 Å². The van der Waals surface area contributed by atoms with E-state index in [1.165, 1.54) is 11.3 Å². The van der Waals surface area contributed by atoms with Gasteiger partial charge in [-0.3, -0.25) is 4.79 Å². The van der Waals surface area contributed by atoms with Gasteiger partial charge in [0.25, 0.3) is 0 Å². The Morgan fingerprint density at radius 3 is 2.82 bits per heavy atom. The zero-order valence-corrected chi connectivity index (χ0v) is 6.89. The van der Waals surface area contributed by atoms with Gasteiger partial charge in [-0.2, -0.15) is 0 Å². The van der Waals surface area contributed by atoms with Crippen molar-refractivity contribution in [3.05, 3.63) is 21.9 Å². The molecule has 1 aromatic heterocycles. The van der Waals surface area contributed by atoms with Crippen molar-refractivity contribution in [2.45, 2.75) is 13.0 Å². The number of rotatable bonds is 2. The van der Waals surface area contributed by atoms with Gasteiger partial charge in [-0.1, -0.05) is 0 Å². The summed E-state index contributed by atoms with van der Waals surface area (Å²) in [6.07, 6.45) is 0. The van der Waals surface area contributed by atoms with Gasteiger partial charge in [0, 0.05) is 4.88 Å². The number of thiophene rings is 1. The molecule has 0 aromatic carbocycles. The van der Waals surface area contributed by atoms with Crippen molar-refractivity contribution in [2.75, 3.05) is 0 Å². The van der Waals surface area contributed by atoms with Crippen LogP contribution in [0.1, 0.15) is 16.5 Å². The molecule has 3 nitrogen and oxygen atoms in total. The molecule has 4 heteroatoms. The molecule has 0 amide bonds. The summed E-state index contributed by atoms with van der Waals surface area (Å²) in [6, 6.07) is 0.928. The van der Waals surface area contributed by atoms with Crippen LogP contribution in [0.2, 0.25) is 0 Å². The maximum absolute atomic E-state index is 10.4. The van der Waals surface area contributed by atoms with Crippen molar-refractivity contribution >= 4 is 17.3 Å². The Hall–Kier alpha value is -0.870. The molecule has 0 saturated heterocycles. The molecule has 1 rings (SSSR count). The minimum Gasteiger partial charge on any atom is -0.480 e. The summed E-state index contributed by atoms with van der Waals surface area (Å²) in [5.41, 5.74) is 6.42. The third-order valence-electron chi connectivity index (χ3n) is 1.32. The average molecular weight is 171 g/mol. The number of nitrogens with two attached hydrogens (primary N) is 1. The lowest BCUT2D eigenvalue weighted by molar-refractivity contribution is -0.138. The van der Waals surface area contributed by atoms with Gasteiger partial charge in [0.15, 0.2) is 0 Å². The van der Waals surface area contributed by atoms with E-state index >= 15 is 0 Å². The summed E-state index contributed by atoms with van der Waals surface area (Å²) >= 11 is 1.38. The summed E-state index contributed by atoms with van der Waals surface area (Å²) in [5.74, 6) is -0.980. The molecule has 0 fully saturated rings. The highest BCUT2D eigenvalue weighted by atomic mass is 32.1. The standard InChI is InChI=1S/C7H9NO2S/c1-4-2-5(11-3-4)6(8)7(9)10/h2-3,6H,8H2,1H3,(H,9,10)/t6-/m1/s1. The molecule has 0 saturated carbocycles. The molecule has 0 aliphatic rings. The topological polar surface area (TPSA) is 63.3 Å². The summed E-state index contributed by atoms with van der Waals surface area (Å²) in [6.45, 7) is 1.91. The maximum Gasteiger partial charge on any atom is 0.325 e. The van der Waals surface area contributed by atoms with Crippen LogP contribution >= 0.6 is 11.3 Å². The number of carbonyl (C=O) groups is 1. The number of hydrogen-bond donors (Lipinski definition) is 2. The minimum atomic E-state index is -0.980. The highest BCUT2D eigenvalue weighted by Gasteiger charge is 2.15. The SMILES string of the molecule is Cc1csc([C@@H](N)C(=O)O)c1. The first-order valence-electron chi connectivity index (χ1n) is 3.14. The molecule has 0 radical (unpaired) electrons. The molecule has 3 N–H and O–H groups in total. The van der Waals surface area contributed by atoms with Crippen molar-refractivity contribution in [3.63, 3.8) is 0 Å². The molecule has 0 spiro atoms. The molecule has 0 aliphatic heterocycles. The van der Waals surface area contributed by atoms with E-state index in [0.29, 0.717) is 4.88 Å². The van der Waals surface area contributed by atoms with Gasteiger partial charge in [0.2, 0.25) is 0 Å². The van der Waals surface area contributed by atoms with Gasteiger partial charge in [-0.25, -0.2) is 0 Å². The van der Waals surface area contributed by atoms with Crippen molar-refractivity contribution in [2.24, 2.45) is 5.73 Å². The van der Waals surface area contributed by atoms with Crippen molar-refractivity contribution < 1.29 is 9.90 Å². The second kappa shape index (κ2) is 3.02. The Bertz CT molecular complexity index is 269. The van der Waals surface area contributed by atoms with E-state index in [-0.39, 0.29) is 0 Å². The average Bonchev–Trinajstić information content (AvgIpc) is 2.34. The first-order chi connectivity index (χ1) is 5.11. The zero-order valence-electron chi connectivity index (χ0n) is 6.07. The Morgan fingerprint density at radius 1 is 1.82 bits per heavy atom. The van der Waals surface area contributed by atoms with Gasteiger partial charge in [-0.05, 0) is 23.9 Å². The Balaban J connectivity index is 2.84. The molecule has 1 heterocycles. The van der Waals surface area contributed by atoms with Crippen LogP contribution < -0.4 is 5.73 Å². The van der Waals surface area contributed by atoms with Crippen LogP contribution in [-0.4, -0.2) is 11.1 Å². The normalized spacial score (nSPS) is 12.9. The van der Waals surface area contributed by atoms with E-state index in [0.717, 1.165) is 5.56 Å². The van der Waals surface area contributed by atoms with E-state index in [9.17, 15) is 4.79 Å². The molecule has 60 valence electrons. The molecular weight excluding hydrogens is 162 g/mol. The predicted octanol–water partition coefficient (Wildman–Crippen LogP) is 1.14. The molecule has 1 aromatic rings. The van der Waals surface area contributed by atoms with Crippen LogP contribution in [0.4, 0.5) is 0 Å². The van der Waals surface area contributed by atoms with Crippen LogP contribution in [-0.2, 0) is 4.79 Å². The highest BCUT2D eigenvalue weighted by Crippen LogP contribution is 2.19. The second-order valence-electron chi connectivity index (χ2n) is 2.34. The smallest absolute Gasteiger partial charge is 0.325 e. The molecule has 0 aliphatic carbocycles. The zero-order chi connectivity index (χ0) is 8.43. The van der Waals surface area contributed by atoms with Gasteiger partial charge in [0.05, 0.1) is 0 Å². The quantitative estimate of drug-likeness (QED) is 0.701. The number of hydrogen-bond acceptors (Lipinski definition) is 3. The largest absolute Gasteiger partial charge is 0.480 e. The van der Waals surface area contributed by atoms with Crippen LogP contribution in [0.3, 0.4) is 0 Å². The Kier molecular flexibility index (Phi) is 2.26. The summed E-state index contributed by atoms with van der Waals surface area (Å²) < 4.78 is 0. The number of carboxylic acids is 1. The number of carboxylic acid groups (broad SMARTS) is 1. The van der Waals surface area contributed by atoms with E-state index in [4.69, 9.17) is 10.8 Å². The van der Waals surface area contributed by atoms with Gasteiger partial charge in [0.1, 0.15) is 6.04 Å². The predicted molar refractivity (Wildman–Crippen MR) is 43.6 cm³/mol. The van der Waals surface area contributed by atoms with Crippen molar-refractivity contribution in [1.82, 2.24) is 0 Å². The summed E-state index contributed by atoms with van der Waals surface area (Å²) in [4.78, 5) is 11.1. The lowest BCUT2D eigenvalue weighted by atomic mass is 10.2. The van der Waals surface area contributed by atoms with Crippen molar-refractivity contribution in [1.29, 1.82) is 0 Å². The fourth-order valence-corrected chi connectivity index (χ4v) is 1.63. The van der Waals surface area contributed by atoms with Crippen LogP contribution in [0.15, 0.2) is 11.4 Å². The van der Waals surface area contributed by atoms with Crippen LogP contribution in [0.25, 0.3) is 0 Å².